The van der Waals surface area contributed by atoms with Gasteiger partial charge in [-0.3, -0.25) is 9.59 Å². The molecular formula is C25H27F3N2O2. The zero-order valence-corrected chi connectivity index (χ0v) is 18.0. The number of benzene rings is 2. The maximum atomic E-state index is 13.2. The summed E-state index contributed by atoms with van der Waals surface area (Å²) >= 11 is 0. The third-order valence-electron chi connectivity index (χ3n) is 6.31. The molecule has 7 heteroatoms. The number of alkyl halides is 3. The van der Waals surface area contributed by atoms with E-state index in [1.54, 1.807) is 11.0 Å². The van der Waals surface area contributed by atoms with Gasteiger partial charge in [-0.2, -0.15) is 13.2 Å². The number of carbonyl (C=O) groups excluding carboxylic acids is 2. The van der Waals surface area contributed by atoms with Crippen LogP contribution < -0.4 is 5.32 Å². The molecule has 0 spiro atoms. The Labute approximate surface area is 185 Å². The number of carbonyl (C=O) groups is 2. The van der Waals surface area contributed by atoms with E-state index in [9.17, 15) is 22.8 Å². The van der Waals surface area contributed by atoms with Gasteiger partial charge in [-0.25, -0.2) is 0 Å². The number of hydrogen-bond acceptors (Lipinski definition) is 2. The highest BCUT2D eigenvalue weighted by molar-refractivity contribution is 5.84. The van der Waals surface area contributed by atoms with Crippen LogP contribution in [0.5, 0.6) is 0 Å². The van der Waals surface area contributed by atoms with Crippen LogP contribution in [0.3, 0.4) is 0 Å². The maximum absolute atomic E-state index is 13.2. The number of hydrogen-bond donors (Lipinski definition) is 1. The molecule has 170 valence electrons. The van der Waals surface area contributed by atoms with Gasteiger partial charge in [0.05, 0.1) is 17.5 Å². The fourth-order valence-corrected chi connectivity index (χ4v) is 4.42. The molecule has 0 bridgehead atoms. The van der Waals surface area contributed by atoms with E-state index >= 15 is 0 Å². The minimum Gasteiger partial charge on any atom is -0.352 e. The summed E-state index contributed by atoms with van der Waals surface area (Å²) in [5.74, 6) is -0.617. The second-order valence-electron chi connectivity index (χ2n) is 8.89. The van der Waals surface area contributed by atoms with Crippen LogP contribution in [0.1, 0.15) is 54.0 Å². The van der Waals surface area contributed by atoms with Crippen molar-refractivity contribution in [3.8, 4) is 0 Å². The number of halogens is 3. The highest BCUT2D eigenvalue weighted by Gasteiger charge is 2.41. The highest BCUT2D eigenvalue weighted by atomic mass is 19.4. The number of nitrogens with one attached hydrogen (secondary N) is 1. The molecule has 4 nitrogen and oxygen atoms in total. The molecule has 2 aliphatic rings. The first-order valence-corrected chi connectivity index (χ1v) is 11.0. The van der Waals surface area contributed by atoms with E-state index < -0.39 is 17.8 Å². The smallest absolute Gasteiger partial charge is 0.352 e. The third kappa shape index (κ3) is 5.14. The van der Waals surface area contributed by atoms with E-state index in [4.69, 9.17) is 0 Å². The van der Waals surface area contributed by atoms with Crippen LogP contribution in [0.2, 0.25) is 0 Å². The Morgan fingerprint density at radius 3 is 2.41 bits per heavy atom. The molecule has 1 aliphatic carbocycles. The summed E-state index contributed by atoms with van der Waals surface area (Å²) in [6.07, 6.45) is -1.85. The molecule has 0 unspecified atom stereocenters. The normalized spacial score (nSPS) is 21.3. The van der Waals surface area contributed by atoms with E-state index in [0.29, 0.717) is 24.9 Å². The topological polar surface area (TPSA) is 49.4 Å². The van der Waals surface area contributed by atoms with Crippen molar-refractivity contribution < 1.29 is 22.8 Å². The van der Waals surface area contributed by atoms with Crippen molar-refractivity contribution >= 4 is 11.8 Å². The summed E-state index contributed by atoms with van der Waals surface area (Å²) in [7, 11) is 0. The lowest BCUT2D eigenvalue weighted by molar-refractivity contribution is -0.140. The molecule has 1 saturated carbocycles. The second kappa shape index (κ2) is 8.96. The SMILES string of the molecule is Cc1cccc(CNC(=O)[C@@H]2CC[C@H](c3cccc(C(F)(F)F)c3)N(C(=O)C3CC3)C2)c1. The standard InChI is InChI=1S/C25H27F3N2O2/c1-16-4-2-5-17(12-16)14-29-23(31)20-10-11-22(30(15-20)24(32)18-8-9-18)19-6-3-7-21(13-19)25(26,27)28/h2-7,12-13,18,20,22H,8-11,14-15H2,1H3,(H,29,31)/t20-,22-/m1/s1. The van der Waals surface area contributed by atoms with E-state index in [2.05, 4.69) is 5.32 Å². The minimum absolute atomic E-state index is 0.0522. The van der Waals surface area contributed by atoms with Gasteiger partial charge in [0.15, 0.2) is 0 Å². The molecular weight excluding hydrogens is 417 g/mol. The predicted octanol–water partition coefficient (Wildman–Crippen LogP) is 5.02. The fourth-order valence-electron chi connectivity index (χ4n) is 4.42. The lowest BCUT2D eigenvalue weighted by atomic mass is 9.87. The van der Waals surface area contributed by atoms with Gasteiger partial charge in [-0.05, 0) is 55.9 Å². The van der Waals surface area contributed by atoms with Gasteiger partial charge in [0, 0.05) is 19.0 Å². The lowest BCUT2D eigenvalue weighted by Crippen LogP contribution is -2.47. The van der Waals surface area contributed by atoms with Gasteiger partial charge >= 0.3 is 6.18 Å². The Kier molecular flexibility index (Phi) is 6.26. The molecule has 2 aromatic carbocycles. The van der Waals surface area contributed by atoms with Crippen molar-refractivity contribution in [3.63, 3.8) is 0 Å². The van der Waals surface area contributed by atoms with Gasteiger partial charge in [0.1, 0.15) is 0 Å². The van der Waals surface area contributed by atoms with Gasteiger partial charge in [-0.1, -0.05) is 42.0 Å². The van der Waals surface area contributed by atoms with E-state index in [1.165, 1.54) is 6.07 Å². The maximum Gasteiger partial charge on any atom is 0.416 e. The molecule has 0 aromatic heterocycles. The van der Waals surface area contributed by atoms with Crippen LogP contribution in [0.15, 0.2) is 48.5 Å². The molecule has 2 aromatic rings. The molecule has 0 radical (unpaired) electrons. The summed E-state index contributed by atoms with van der Waals surface area (Å²) in [5.41, 5.74) is 1.88. The Hall–Kier alpha value is -2.83. The zero-order valence-electron chi connectivity index (χ0n) is 18.0. The molecule has 1 heterocycles. The summed E-state index contributed by atoms with van der Waals surface area (Å²) < 4.78 is 39.6. The molecule has 1 aliphatic heterocycles. The zero-order chi connectivity index (χ0) is 22.9. The Balaban J connectivity index is 1.48. The van der Waals surface area contributed by atoms with E-state index in [-0.39, 0.29) is 30.2 Å². The number of rotatable bonds is 5. The van der Waals surface area contributed by atoms with Crippen LogP contribution in [0, 0.1) is 18.8 Å². The first-order chi connectivity index (χ1) is 15.2. The number of piperidine rings is 1. The summed E-state index contributed by atoms with van der Waals surface area (Å²) in [4.78, 5) is 27.5. The number of amides is 2. The third-order valence-corrected chi connectivity index (χ3v) is 6.31. The summed E-state index contributed by atoms with van der Waals surface area (Å²) in [6.45, 7) is 2.63. The predicted molar refractivity (Wildman–Crippen MR) is 114 cm³/mol. The largest absolute Gasteiger partial charge is 0.416 e. The molecule has 1 N–H and O–H groups in total. The van der Waals surface area contributed by atoms with Crippen LogP contribution in [0.4, 0.5) is 13.2 Å². The van der Waals surface area contributed by atoms with Gasteiger partial charge in [0.2, 0.25) is 11.8 Å². The van der Waals surface area contributed by atoms with Gasteiger partial charge in [0.25, 0.3) is 0 Å². The quantitative estimate of drug-likeness (QED) is 0.704. The van der Waals surface area contributed by atoms with Crippen LogP contribution >= 0.6 is 0 Å². The molecule has 32 heavy (non-hydrogen) atoms. The minimum atomic E-state index is -4.44. The second-order valence-corrected chi connectivity index (χ2v) is 8.89. The summed E-state index contributed by atoms with van der Waals surface area (Å²) in [5, 5.41) is 2.96. The van der Waals surface area contributed by atoms with Crippen molar-refractivity contribution in [2.45, 2.75) is 51.4 Å². The van der Waals surface area contributed by atoms with Crippen molar-refractivity contribution in [1.82, 2.24) is 10.2 Å². The van der Waals surface area contributed by atoms with Crippen LogP contribution in [-0.2, 0) is 22.3 Å². The molecule has 2 fully saturated rings. The monoisotopic (exact) mass is 444 g/mol. The average molecular weight is 444 g/mol. The van der Waals surface area contributed by atoms with Crippen LogP contribution in [-0.4, -0.2) is 23.3 Å². The molecule has 1 saturated heterocycles. The van der Waals surface area contributed by atoms with Gasteiger partial charge < -0.3 is 10.2 Å². The van der Waals surface area contributed by atoms with Crippen molar-refractivity contribution in [2.24, 2.45) is 11.8 Å². The number of nitrogens with zero attached hydrogens (tertiary/aromatic N) is 1. The fraction of sp³-hybridized carbons (Fsp3) is 0.440. The first-order valence-electron chi connectivity index (χ1n) is 11.0. The summed E-state index contributed by atoms with van der Waals surface area (Å²) in [6, 6.07) is 12.6. The van der Waals surface area contributed by atoms with E-state index in [0.717, 1.165) is 36.1 Å². The van der Waals surface area contributed by atoms with Crippen LogP contribution in [0.25, 0.3) is 0 Å². The Morgan fingerprint density at radius 2 is 1.72 bits per heavy atom. The Morgan fingerprint density at radius 1 is 1.00 bits per heavy atom. The number of aryl methyl sites for hydroxylation is 1. The van der Waals surface area contributed by atoms with Crippen molar-refractivity contribution in [3.05, 3.63) is 70.8 Å². The first kappa shape index (κ1) is 22.4. The lowest BCUT2D eigenvalue weighted by Gasteiger charge is -2.40. The molecule has 2 amide bonds. The molecule has 2 atom stereocenters. The Bertz CT molecular complexity index is 1000. The van der Waals surface area contributed by atoms with Crippen molar-refractivity contribution in [2.75, 3.05) is 6.54 Å². The molecule has 4 rings (SSSR count). The number of likely N-dealkylation sites (tertiary alicyclic amines) is 1. The van der Waals surface area contributed by atoms with Gasteiger partial charge in [-0.15, -0.1) is 0 Å². The highest BCUT2D eigenvalue weighted by Crippen LogP contribution is 2.40. The van der Waals surface area contributed by atoms with E-state index in [1.807, 2.05) is 31.2 Å². The average Bonchev–Trinajstić information content (AvgIpc) is 3.62. The van der Waals surface area contributed by atoms with Crippen molar-refractivity contribution in [1.29, 1.82) is 0 Å².